The molecule has 0 spiro atoms. The minimum atomic E-state index is -0.110. The lowest BCUT2D eigenvalue weighted by molar-refractivity contribution is -0.155. The number of piperidine rings is 1. The lowest BCUT2D eigenvalue weighted by Crippen LogP contribution is -2.53. The fraction of sp³-hybridized carbons (Fsp3) is 0.889. The predicted molar refractivity (Wildman–Crippen MR) is 81.9 cm³/mol. The summed E-state index contributed by atoms with van der Waals surface area (Å²) in [6.45, 7) is 1.47. The molecule has 0 aromatic rings. The molecule has 0 radical (unpaired) electrons. The van der Waals surface area contributed by atoms with Gasteiger partial charge in [0.25, 0.3) is 0 Å². The number of methoxy groups -OCH3 is 1. The Balaban J connectivity index is 1.40. The van der Waals surface area contributed by atoms with Crippen LogP contribution in [0, 0.1) is 35.5 Å². The van der Waals surface area contributed by atoms with E-state index in [1.807, 2.05) is 4.90 Å². The first-order chi connectivity index (χ1) is 10.7. The van der Waals surface area contributed by atoms with Gasteiger partial charge in [0.05, 0.1) is 13.0 Å². The lowest BCUT2D eigenvalue weighted by atomic mass is 9.51. The Morgan fingerprint density at radius 1 is 0.909 bits per heavy atom. The molecule has 1 heterocycles. The number of hydrogen-bond acceptors (Lipinski definition) is 3. The molecule has 0 N–H and O–H groups in total. The summed E-state index contributed by atoms with van der Waals surface area (Å²) < 4.78 is 4.84. The van der Waals surface area contributed by atoms with Crippen LogP contribution in [0.1, 0.15) is 44.9 Å². The van der Waals surface area contributed by atoms with Crippen LogP contribution < -0.4 is 0 Å². The molecule has 0 atom stereocenters. The van der Waals surface area contributed by atoms with Gasteiger partial charge in [-0.3, -0.25) is 9.59 Å². The molecule has 122 valence electrons. The Morgan fingerprint density at radius 3 is 1.95 bits per heavy atom. The van der Waals surface area contributed by atoms with Crippen LogP contribution in [0.15, 0.2) is 0 Å². The molecule has 0 unspecified atom stereocenters. The van der Waals surface area contributed by atoms with Crippen molar-refractivity contribution in [3.05, 3.63) is 0 Å². The van der Waals surface area contributed by atoms with Crippen LogP contribution >= 0.6 is 0 Å². The van der Waals surface area contributed by atoms with E-state index in [9.17, 15) is 9.59 Å². The van der Waals surface area contributed by atoms with Crippen LogP contribution in [0.25, 0.3) is 0 Å². The second kappa shape index (κ2) is 5.54. The molecule has 1 amide bonds. The number of likely N-dealkylation sites (tertiary alicyclic amines) is 1. The summed E-state index contributed by atoms with van der Waals surface area (Å²) >= 11 is 0. The minimum Gasteiger partial charge on any atom is -0.469 e. The van der Waals surface area contributed by atoms with E-state index in [-0.39, 0.29) is 11.9 Å². The van der Waals surface area contributed by atoms with E-state index in [1.165, 1.54) is 39.2 Å². The van der Waals surface area contributed by atoms with E-state index in [4.69, 9.17) is 4.74 Å². The normalized spacial score (nSPS) is 40.8. The van der Waals surface area contributed by atoms with Crippen molar-refractivity contribution in [1.82, 2.24) is 4.90 Å². The summed E-state index contributed by atoms with van der Waals surface area (Å²) in [7, 11) is 1.45. The van der Waals surface area contributed by atoms with Gasteiger partial charge in [-0.15, -0.1) is 0 Å². The highest BCUT2D eigenvalue weighted by molar-refractivity contribution is 5.80. The SMILES string of the molecule is COC(=O)C1CCN(C(=O)C2C3CC4CC(C3)CC2C4)CC1. The summed E-state index contributed by atoms with van der Waals surface area (Å²) in [6, 6.07) is 0. The molecule has 5 fully saturated rings. The molecule has 4 bridgehead atoms. The Kier molecular flexibility index (Phi) is 3.66. The first-order valence-electron chi connectivity index (χ1n) is 9.02. The molecule has 1 aliphatic heterocycles. The lowest BCUT2D eigenvalue weighted by Gasteiger charge is -2.54. The van der Waals surface area contributed by atoms with E-state index < -0.39 is 0 Å². The predicted octanol–water partition coefficient (Wildman–Crippen LogP) is 2.47. The molecule has 4 aliphatic carbocycles. The maximum absolute atomic E-state index is 13.0. The molecule has 0 aromatic carbocycles. The van der Waals surface area contributed by atoms with Gasteiger partial charge in [-0.25, -0.2) is 0 Å². The highest BCUT2D eigenvalue weighted by atomic mass is 16.5. The van der Waals surface area contributed by atoms with Crippen LogP contribution in [-0.2, 0) is 14.3 Å². The fourth-order valence-electron chi connectivity index (χ4n) is 6.04. The van der Waals surface area contributed by atoms with Crippen molar-refractivity contribution < 1.29 is 14.3 Å². The number of nitrogens with zero attached hydrogens (tertiary/aromatic N) is 1. The molecule has 5 rings (SSSR count). The number of carbonyl (C=O) groups is 2. The quantitative estimate of drug-likeness (QED) is 0.736. The standard InChI is InChI=1S/C18H27NO3/c1-22-18(21)13-2-4-19(5-3-13)17(20)16-14-7-11-6-12(9-14)10-15(16)8-11/h11-16H,2-10H2,1H3. The van der Waals surface area contributed by atoms with Crippen molar-refractivity contribution in [2.45, 2.75) is 44.9 Å². The highest BCUT2D eigenvalue weighted by Crippen LogP contribution is 2.56. The van der Waals surface area contributed by atoms with Crippen molar-refractivity contribution in [3.8, 4) is 0 Å². The third kappa shape index (κ3) is 2.35. The summed E-state index contributed by atoms with van der Waals surface area (Å²) in [5, 5.41) is 0. The highest BCUT2D eigenvalue weighted by Gasteiger charge is 2.51. The van der Waals surface area contributed by atoms with Gasteiger partial charge in [-0.1, -0.05) is 0 Å². The third-order valence-electron chi connectivity index (χ3n) is 6.85. The molecule has 22 heavy (non-hydrogen) atoms. The van der Waals surface area contributed by atoms with Crippen molar-refractivity contribution in [1.29, 1.82) is 0 Å². The summed E-state index contributed by atoms with van der Waals surface area (Å²) in [5.41, 5.74) is 0. The van der Waals surface area contributed by atoms with E-state index in [2.05, 4.69) is 0 Å². The number of ether oxygens (including phenoxy) is 1. The van der Waals surface area contributed by atoms with Crippen molar-refractivity contribution in [3.63, 3.8) is 0 Å². The molecule has 4 heteroatoms. The van der Waals surface area contributed by atoms with Gasteiger partial charge in [0.15, 0.2) is 0 Å². The molecule has 1 saturated heterocycles. The van der Waals surface area contributed by atoms with E-state index in [0.717, 1.165) is 37.8 Å². The average Bonchev–Trinajstić information content (AvgIpc) is 2.53. The van der Waals surface area contributed by atoms with Crippen molar-refractivity contribution >= 4 is 11.9 Å². The van der Waals surface area contributed by atoms with Gasteiger partial charge in [-0.2, -0.15) is 0 Å². The zero-order valence-corrected chi connectivity index (χ0v) is 13.5. The number of hydrogen-bond donors (Lipinski definition) is 0. The summed E-state index contributed by atoms with van der Waals surface area (Å²) in [6.07, 6.45) is 8.14. The van der Waals surface area contributed by atoms with Crippen LogP contribution in [-0.4, -0.2) is 37.0 Å². The average molecular weight is 305 g/mol. The smallest absolute Gasteiger partial charge is 0.308 e. The topological polar surface area (TPSA) is 46.6 Å². The number of rotatable bonds is 2. The van der Waals surface area contributed by atoms with Crippen LogP contribution in [0.4, 0.5) is 0 Å². The van der Waals surface area contributed by atoms with Gasteiger partial charge < -0.3 is 9.64 Å². The largest absolute Gasteiger partial charge is 0.469 e. The molecule has 5 aliphatic rings. The number of amides is 1. The summed E-state index contributed by atoms with van der Waals surface area (Å²) in [4.78, 5) is 26.7. The van der Waals surface area contributed by atoms with E-state index >= 15 is 0 Å². The Morgan fingerprint density at radius 2 is 1.45 bits per heavy atom. The summed E-state index contributed by atoms with van der Waals surface area (Å²) in [5.74, 6) is 3.71. The maximum Gasteiger partial charge on any atom is 0.308 e. The monoisotopic (exact) mass is 305 g/mol. The van der Waals surface area contributed by atoms with Gasteiger partial charge in [-0.05, 0) is 68.6 Å². The van der Waals surface area contributed by atoms with Crippen molar-refractivity contribution in [2.75, 3.05) is 20.2 Å². The molecule has 0 aromatic heterocycles. The second-order valence-corrected chi connectivity index (χ2v) is 8.08. The van der Waals surface area contributed by atoms with Crippen LogP contribution in [0.3, 0.4) is 0 Å². The Hall–Kier alpha value is -1.06. The minimum absolute atomic E-state index is 0.00690. The zero-order chi connectivity index (χ0) is 15.3. The van der Waals surface area contributed by atoms with Gasteiger partial charge >= 0.3 is 5.97 Å². The number of esters is 1. The van der Waals surface area contributed by atoms with Gasteiger partial charge in [0.1, 0.15) is 0 Å². The second-order valence-electron chi connectivity index (χ2n) is 8.08. The first kappa shape index (κ1) is 14.5. The third-order valence-corrected chi connectivity index (χ3v) is 6.85. The fourth-order valence-corrected chi connectivity index (χ4v) is 6.04. The van der Waals surface area contributed by atoms with Crippen molar-refractivity contribution in [2.24, 2.45) is 35.5 Å². The zero-order valence-electron chi connectivity index (χ0n) is 13.5. The number of carbonyl (C=O) groups excluding carboxylic acids is 2. The molecular formula is C18H27NO3. The first-order valence-corrected chi connectivity index (χ1v) is 9.02. The van der Waals surface area contributed by atoms with Crippen LogP contribution in [0.2, 0.25) is 0 Å². The van der Waals surface area contributed by atoms with Gasteiger partial charge in [0.2, 0.25) is 5.91 Å². The Bertz CT molecular complexity index is 439. The Labute approximate surface area is 132 Å². The maximum atomic E-state index is 13.0. The van der Waals surface area contributed by atoms with Crippen LogP contribution in [0.5, 0.6) is 0 Å². The van der Waals surface area contributed by atoms with E-state index in [0.29, 0.717) is 23.7 Å². The molecule has 4 saturated carbocycles. The molecular weight excluding hydrogens is 278 g/mol. The molecule has 4 nitrogen and oxygen atoms in total. The van der Waals surface area contributed by atoms with E-state index in [1.54, 1.807) is 0 Å². The van der Waals surface area contributed by atoms with Gasteiger partial charge in [0, 0.05) is 19.0 Å².